The Balaban J connectivity index is 1.92. The molecule has 1 aromatic carbocycles. The number of aliphatic hydroxyl groups excluding tert-OH is 1. The van der Waals surface area contributed by atoms with Crippen LogP contribution in [0.5, 0.6) is 11.5 Å². The highest BCUT2D eigenvalue weighted by atomic mass is 32.2. The van der Waals surface area contributed by atoms with Crippen LogP contribution in [0.1, 0.15) is 30.9 Å². The Morgan fingerprint density at radius 3 is 3.11 bits per heavy atom. The van der Waals surface area contributed by atoms with Crippen LogP contribution in [0.4, 0.5) is 0 Å². The van der Waals surface area contributed by atoms with Crippen LogP contribution in [0.2, 0.25) is 0 Å². The van der Waals surface area contributed by atoms with E-state index in [1.54, 1.807) is 7.11 Å². The van der Waals surface area contributed by atoms with Crippen molar-refractivity contribution in [1.82, 2.24) is 0 Å². The van der Waals surface area contributed by atoms with Crippen LogP contribution < -0.4 is 9.47 Å². The van der Waals surface area contributed by atoms with Gasteiger partial charge < -0.3 is 14.6 Å². The Morgan fingerprint density at radius 1 is 1.50 bits per heavy atom. The van der Waals surface area contributed by atoms with Gasteiger partial charge in [0.2, 0.25) is 0 Å². The number of rotatable bonds is 1. The number of hydrogen-bond donors (Lipinski definition) is 1. The van der Waals surface area contributed by atoms with Crippen LogP contribution in [0.3, 0.4) is 0 Å². The van der Waals surface area contributed by atoms with Crippen molar-refractivity contribution in [3.05, 3.63) is 23.8 Å². The van der Waals surface area contributed by atoms with E-state index in [0.29, 0.717) is 6.42 Å². The van der Waals surface area contributed by atoms with Crippen molar-refractivity contribution in [1.29, 1.82) is 0 Å². The van der Waals surface area contributed by atoms with E-state index in [9.17, 15) is 5.11 Å². The summed E-state index contributed by atoms with van der Waals surface area (Å²) >= 11 is 1.92. The zero-order chi connectivity index (χ0) is 12.6. The topological polar surface area (TPSA) is 38.7 Å². The van der Waals surface area contributed by atoms with Gasteiger partial charge in [-0.15, -0.1) is 0 Å². The lowest BCUT2D eigenvalue weighted by Gasteiger charge is -2.42. The highest BCUT2D eigenvalue weighted by Gasteiger charge is 2.41. The number of benzene rings is 1. The molecule has 0 saturated carbocycles. The summed E-state index contributed by atoms with van der Waals surface area (Å²) in [7, 11) is 1.64. The second kappa shape index (κ2) is 4.67. The normalized spacial score (nSPS) is 30.7. The van der Waals surface area contributed by atoms with Gasteiger partial charge in [-0.2, -0.15) is 11.8 Å². The highest BCUT2D eigenvalue weighted by molar-refractivity contribution is 7.99. The molecule has 2 unspecified atom stereocenters. The van der Waals surface area contributed by atoms with Crippen molar-refractivity contribution in [3.63, 3.8) is 0 Å². The molecule has 1 saturated heterocycles. The first-order chi connectivity index (χ1) is 8.72. The lowest BCUT2D eigenvalue weighted by atomic mass is 9.86. The third kappa shape index (κ3) is 2.08. The molecule has 3 rings (SSSR count). The van der Waals surface area contributed by atoms with Crippen LogP contribution in [-0.2, 0) is 0 Å². The minimum atomic E-state index is -0.442. The largest absolute Gasteiger partial charge is 0.497 e. The SMILES string of the molecule is COc1ccc2c(c1)C(O)CC1(CCCSC1)O2. The van der Waals surface area contributed by atoms with E-state index in [4.69, 9.17) is 9.47 Å². The van der Waals surface area contributed by atoms with Gasteiger partial charge in [0.05, 0.1) is 13.2 Å². The van der Waals surface area contributed by atoms with Gasteiger partial charge in [0.25, 0.3) is 0 Å². The molecule has 1 fully saturated rings. The highest BCUT2D eigenvalue weighted by Crippen LogP contribution is 2.45. The monoisotopic (exact) mass is 266 g/mol. The maximum atomic E-state index is 10.4. The Labute approximate surface area is 111 Å². The van der Waals surface area contributed by atoms with Crippen molar-refractivity contribution < 1.29 is 14.6 Å². The molecular weight excluding hydrogens is 248 g/mol. The van der Waals surface area contributed by atoms with E-state index in [2.05, 4.69) is 0 Å². The molecule has 2 aliphatic heterocycles. The van der Waals surface area contributed by atoms with Gasteiger partial charge >= 0.3 is 0 Å². The van der Waals surface area contributed by atoms with Crippen molar-refractivity contribution in [3.8, 4) is 11.5 Å². The maximum Gasteiger partial charge on any atom is 0.126 e. The molecule has 2 aliphatic rings. The second-order valence-electron chi connectivity index (χ2n) is 5.06. The average Bonchev–Trinajstić information content (AvgIpc) is 2.39. The van der Waals surface area contributed by atoms with Gasteiger partial charge in [0, 0.05) is 17.7 Å². The molecular formula is C14H18O3S. The van der Waals surface area contributed by atoms with E-state index in [0.717, 1.165) is 29.2 Å². The summed E-state index contributed by atoms with van der Waals surface area (Å²) in [6, 6.07) is 5.68. The number of methoxy groups -OCH3 is 1. The number of fused-ring (bicyclic) bond motifs is 1. The zero-order valence-electron chi connectivity index (χ0n) is 10.5. The fraction of sp³-hybridized carbons (Fsp3) is 0.571. The van der Waals surface area contributed by atoms with Crippen LogP contribution >= 0.6 is 11.8 Å². The quantitative estimate of drug-likeness (QED) is 0.848. The molecule has 0 bridgehead atoms. The molecule has 0 aliphatic carbocycles. The minimum absolute atomic E-state index is 0.163. The second-order valence-corrected chi connectivity index (χ2v) is 6.17. The van der Waals surface area contributed by atoms with E-state index in [-0.39, 0.29) is 5.60 Å². The first-order valence-electron chi connectivity index (χ1n) is 6.35. The summed E-state index contributed by atoms with van der Waals surface area (Å²) < 4.78 is 11.4. The maximum absolute atomic E-state index is 10.4. The lowest BCUT2D eigenvalue weighted by Crippen LogP contribution is -2.45. The van der Waals surface area contributed by atoms with Crippen LogP contribution in [0.25, 0.3) is 0 Å². The molecule has 0 radical (unpaired) electrons. The van der Waals surface area contributed by atoms with E-state index >= 15 is 0 Å². The summed E-state index contributed by atoms with van der Waals surface area (Å²) in [6.45, 7) is 0. The molecule has 1 N–H and O–H groups in total. The van der Waals surface area contributed by atoms with Gasteiger partial charge in [-0.05, 0) is 36.8 Å². The number of hydrogen-bond acceptors (Lipinski definition) is 4. The van der Waals surface area contributed by atoms with Gasteiger partial charge in [0.15, 0.2) is 0 Å². The molecule has 98 valence electrons. The third-order valence-electron chi connectivity index (χ3n) is 3.75. The van der Waals surface area contributed by atoms with Crippen molar-refractivity contribution in [2.24, 2.45) is 0 Å². The van der Waals surface area contributed by atoms with Gasteiger partial charge in [0.1, 0.15) is 17.1 Å². The predicted octanol–water partition coefficient (Wildman–Crippen LogP) is 2.78. The zero-order valence-corrected chi connectivity index (χ0v) is 11.3. The summed E-state index contributed by atoms with van der Waals surface area (Å²) in [5, 5.41) is 10.4. The lowest BCUT2D eigenvalue weighted by molar-refractivity contribution is -0.00568. The van der Waals surface area contributed by atoms with Crippen LogP contribution in [-0.4, -0.2) is 29.3 Å². The predicted molar refractivity (Wildman–Crippen MR) is 72.5 cm³/mol. The molecule has 18 heavy (non-hydrogen) atoms. The van der Waals surface area contributed by atoms with Gasteiger partial charge in [-0.25, -0.2) is 0 Å². The molecule has 2 heterocycles. The van der Waals surface area contributed by atoms with E-state index in [1.807, 2.05) is 30.0 Å². The summed E-state index contributed by atoms with van der Waals surface area (Å²) in [5.74, 6) is 3.77. The molecule has 3 nitrogen and oxygen atoms in total. The van der Waals surface area contributed by atoms with Crippen LogP contribution in [0, 0.1) is 0 Å². The number of aliphatic hydroxyl groups is 1. The Morgan fingerprint density at radius 2 is 2.39 bits per heavy atom. The Bertz CT molecular complexity index is 441. The fourth-order valence-electron chi connectivity index (χ4n) is 2.81. The van der Waals surface area contributed by atoms with Crippen LogP contribution in [0.15, 0.2) is 18.2 Å². The Kier molecular flexibility index (Phi) is 3.16. The molecule has 0 amide bonds. The van der Waals surface area contributed by atoms with Crippen molar-refractivity contribution in [2.45, 2.75) is 31.0 Å². The third-order valence-corrected chi connectivity index (χ3v) is 5.06. The Hall–Kier alpha value is -0.870. The minimum Gasteiger partial charge on any atom is -0.497 e. The molecule has 1 aromatic rings. The first kappa shape index (κ1) is 12.2. The average molecular weight is 266 g/mol. The first-order valence-corrected chi connectivity index (χ1v) is 7.51. The van der Waals surface area contributed by atoms with Crippen molar-refractivity contribution >= 4 is 11.8 Å². The number of ether oxygens (including phenoxy) is 2. The fourth-order valence-corrected chi connectivity index (χ4v) is 4.00. The molecule has 1 spiro atoms. The molecule has 4 heteroatoms. The summed E-state index contributed by atoms with van der Waals surface area (Å²) in [5.41, 5.74) is 0.694. The summed E-state index contributed by atoms with van der Waals surface area (Å²) in [6.07, 6.45) is 2.47. The van der Waals surface area contributed by atoms with Crippen molar-refractivity contribution in [2.75, 3.05) is 18.6 Å². The van der Waals surface area contributed by atoms with Gasteiger partial charge in [-0.1, -0.05) is 0 Å². The number of thioether (sulfide) groups is 1. The van der Waals surface area contributed by atoms with E-state index < -0.39 is 6.10 Å². The smallest absolute Gasteiger partial charge is 0.126 e. The molecule has 2 atom stereocenters. The van der Waals surface area contributed by atoms with E-state index in [1.165, 1.54) is 12.2 Å². The molecule has 0 aromatic heterocycles. The standard InChI is InChI=1S/C14H18O3S/c1-16-10-3-4-13-11(7-10)12(15)8-14(17-13)5-2-6-18-9-14/h3-4,7,12,15H,2,5-6,8-9H2,1H3. The summed E-state index contributed by atoms with van der Waals surface area (Å²) in [4.78, 5) is 0. The van der Waals surface area contributed by atoms with Gasteiger partial charge in [-0.3, -0.25) is 0 Å².